The van der Waals surface area contributed by atoms with Gasteiger partial charge in [-0.3, -0.25) is 0 Å². The summed E-state index contributed by atoms with van der Waals surface area (Å²) in [5.41, 5.74) is 0. The zero-order valence-corrected chi connectivity index (χ0v) is 19.5. The molecule has 1 N–H and O–H groups in total. The second kappa shape index (κ2) is 7.91. The Bertz CT molecular complexity index is 1060. The third-order valence-corrected chi connectivity index (χ3v) is 13.0. The molecule has 30 heavy (non-hydrogen) atoms. The van der Waals surface area contributed by atoms with Gasteiger partial charge in [0.2, 0.25) is 0 Å². The van der Waals surface area contributed by atoms with Crippen LogP contribution in [0.4, 0.5) is 0 Å². The molecule has 4 heteroatoms. The van der Waals surface area contributed by atoms with E-state index in [1.807, 2.05) is 24.3 Å². The van der Waals surface area contributed by atoms with Crippen LogP contribution in [0.25, 0.3) is 0 Å². The quantitative estimate of drug-likeness (QED) is 0.411. The van der Waals surface area contributed by atoms with E-state index < -0.39 is 6.60 Å². The molecule has 0 radical (unpaired) electrons. The average Bonchev–Trinajstić information content (AvgIpc) is 2.82. The number of methoxy groups -OCH3 is 1. The van der Waals surface area contributed by atoms with Gasteiger partial charge in [0.25, 0.3) is 0 Å². The minimum atomic E-state index is -3.31. The molecule has 0 saturated heterocycles. The second-order valence-corrected chi connectivity index (χ2v) is 13.6. The molecular formula is C26H24BrO2P. The predicted molar refractivity (Wildman–Crippen MR) is 133 cm³/mol. The minimum absolute atomic E-state index is 0.243. The van der Waals surface area contributed by atoms with E-state index in [0.29, 0.717) is 10.2 Å². The Morgan fingerprint density at radius 3 is 1.47 bits per heavy atom. The van der Waals surface area contributed by atoms with Crippen LogP contribution in [-0.4, -0.2) is 18.9 Å². The summed E-state index contributed by atoms with van der Waals surface area (Å²) in [5, 5.41) is 15.8. The van der Waals surface area contributed by atoms with Crippen molar-refractivity contribution in [3.05, 3.63) is 108 Å². The number of hydrogen-bond donors (Lipinski definition) is 1. The van der Waals surface area contributed by atoms with Gasteiger partial charge in [0, 0.05) is 0 Å². The van der Waals surface area contributed by atoms with Crippen molar-refractivity contribution in [2.45, 2.75) is 0 Å². The molecule has 0 unspecified atom stereocenters. The number of phenolic OH excluding ortho intramolecular Hbond substituents is 1. The van der Waals surface area contributed by atoms with Crippen LogP contribution in [0.1, 0.15) is 0 Å². The van der Waals surface area contributed by atoms with E-state index in [9.17, 15) is 5.11 Å². The molecule has 2 nitrogen and oxygen atoms in total. The normalized spacial score (nSPS) is 12.7. The van der Waals surface area contributed by atoms with E-state index in [2.05, 4.69) is 95.4 Å². The summed E-state index contributed by atoms with van der Waals surface area (Å²) in [6, 6.07) is 35.3. The van der Waals surface area contributed by atoms with Crippen LogP contribution in [0.5, 0.6) is 11.5 Å². The Labute approximate surface area is 186 Å². The van der Waals surface area contributed by atoms with Crippen molar-refractivity contribution in [2.24, 2.45) is 0 Å². The van der Waals surface area contributed by atoms with Gasteiger partial charge in [-0.05, 0) is 0 Å². The number of halogens is 1. The molecule has 0 aromatic heterocycles. The molecule has 0 saturated carbocycles. The number of hydrogen-bond acceptors (Lipinski definition) is 2. The van der Waals surface area contributed by atoms with E-state index in [0.717, 1.165) is 5.30 Å². The molecule has 0 spiro atoms. The van der Waals surface area contributed by atoms with Crippen LogP contribution in [0, 0.1) is 0 Å². The van der Waals surface area contributed by atoms with E-state index in [4.69, 9.17) is 4.74 Å². The molecule has 0 aliphatic carbocycles. The van der Waals surface area contributed by atoms with Crippen molar-refractivity contribution in [1.29, 1.82) is 0 Å². The summed E-state index contributed by atoms with van der Waals surface area (Å²) in [7, 11) is 1.65. The molecule has 0 amide bonds. The molecule has 0 aliphatic rings. The van der Waals surface area contributed by atoms with Gasteiger partial charge in [-0.25, -0.2) is 0 Å². The van der Waals surface area contributed by atoms with Crippen LogP contribution in [0.3, 0.4) is 0 Å². The van der Waals surface area contributed by atoms with E-state index in [-0.39, 0.29) is 5.75 Å². The summed E-state index contributed by atoms with van der Waals surface area (Å²) in [4.78, 5) is 0. The number of benzene rings is 4. The molecule has 4 aromatic rings. The fourth-order valence-corrected chi connectivity index (χ4v) is 10.5. The standard InChI is InChI=1S/C26H24BrO2P/c1-29-20-18-24(27)26(28)25(19-20)30(2,21-12-6-3-7-13-21,22-14-8-4-9-15-22)23-16-10-5-11-17-23/h3-19,28H,1-2H3. The molecule has 0 heterocycles. The van der Waals surface area contributed by atoms with Gasteiger partial charge in [-0.2, -0.15) is 0 Å². The molecular weight excluding hydrogens is 455 g/mol. The van der Waals surface area contributed by atoms with Crippen LogP contribution in [0.15, 0.2) is 108 Å². The summed E-state index contributed by atoms with van der Waals surface area (Å²) in [6.45, 7) is -0.996. The van der Waals surface area contributed by atoms with Crippen molar-refractivity contribution in [2.75, 3.05) is 13.8 Å². The summed E-state index contributed by atoms with van der Waals surface area (Å²) < 4.78 is 6.24. The number of aromatic hydroxyl groups is 1. The van der Waals surface area contributed by atoms with Gasteiger partial charge in [-0.15, -0.1) is 0 Å². The monoisotopic (exact) mass is 478 g/mol. The molecule has 152 valence electrons. The molecule has 4 aromatic carbocycles. The van der Waals surface area contributed by atoms with E-state index in [1.54, 1.807) is 13.2 Å². The van der Waals surface area contributed by atoms with Crippen molar-refractivity contribution in [3.63, 3.8) is 0 Å². The van der Waals surface area contributed by atoms with E-state index in [1.165, 1.54) is 15.9 Å². The maximum atomic E-state index is 11.4. The fourth-order valence-electron chi connectivity index (χ4n) is 4.37. The fraction of sp³-hybridized carbons (Fsp3) is 0.0769. The number of phenols is 1. The Morgan fingerprint density at radius 2 is 1.10 bits per heavy atom. The van der Waals surface area contributed by atoms with Crippen molar-refractivity contribution >= 4 is 43.8 Å². The maximum absolute atomic E-state index is 11.4. The summed E-state index contributed by atoms with van der Waals surface area (Å²) in [5.74, 6) is 0.945. The van der Waals surface area contributed by atoms with Crippen LogP contribution in [0.2, 0.25) is 0 Å². The van der Waals surface area contributed by atoms with Gasteiger partial charge >= 0.3 is 186 Å². The molecule has 4 rings (SSSR count). The Kier molecular flexibility index (Phi) is 5.44. The molecule has 0 atom stereocenters. The van der Waals surface area contributed by atoms with Crippen molar-refractivity contribution in [3.8, 4) is 11.5 Å². The summed E-state index contributed by atoms with van der Waals surface area (Å²) >= 11 is 3.56. The first-order valence-corrected chi connectivity index (χ1v) is 13.2. The van der Waals surface area contributed by atoms with Gasteiger partial charge in [0.1, 0.15) is 0 Å². The average molecular weight is 479 g/mol. The van der Waals surface area contributed by atoms with Crippen LogP contribution in [-0.2, 0) is 0 Å². The topological polar surface area (TPSA) is 29.5 Å². The third kappa shape index (κ3) is 2.96. The number of rotatable bonds is 5. The van der Waals surface area contributed by atoms with Gasteiger partial charge < -0.3 is 0 Å². The Hall–Kier alpha value is -2.61. The van der Waals surface area contributed by atoms with Gasteiger partial charge in [-0.1, -0.05) is 0 Å². The molecule has 0 fully saturated rings. The Morgan fingerprint density at radius 1 is 0.700 bits per heavy atom. The first-order chi connectivity index (χ1) is 14.5. The van der Waals surface area contributed by atoms with Crippen molar-refractivity contribution < 1.29 is 9.84 Å². The second-order valence-electron chi connectivity index (χ2n) is 7.55. The third-order valence-electron chi connectivity index (χ3n) is 6.06. The Balaban J connectivity index is 2.29. The zero-order valence-electron chi connectivity index (χ0n) is 17.0. The first-order valence-electron chi connectivity index (χ1n) is 9.75. The van der Waals surface area contributed by atoms with Gasteiger partial charge in [0.15, 0.2) is 0 Å². The number of ether oxygens (including phenoxy) is 1. The van der Waals surface area contributed by atoms with Gasteiger partial charge in [0.05, 0.1) is 0 Å². The van der Waals surface area contributed by atoms with Crippen molar-refractivity contribution in [1.82, 2.24) is 0 Å². The van der Waals surface area contributed by atoms with Crippen LogP contribution >= 0.6 is 22.5 Å². The predicted octanol–water partition coefficient (Wildman–Crippen LogP) is 4.95. The summed E-state index contributed by atoms with van der Waals surface area (Å²) in [6.07, 6.45) is 0. The van der Waals surface area contributed by atoms with E-state index >= 15 is 0 Å². The molecule has 0 bridgehead atoms. The first kappa shape index (κ1) is 20.7. The SMILES string of the molecule is COc1cc(Br)c(O)c(P(C)(c2ccccc2)(c2ccccc2)c2ccccc2)c1. The zero-order chi connectivity index (χ0) is 21.2. The molecule has 0 aliphatic heterocycles. The van der Waals surface area contributed by atoms with Crippen LogP contribution < -0.4 is 26.0 Å².